The van der Waals surface area contributed by atoms with Gasteiger partial charge in [0.25, 0.3) is 5.91 Å². The molecular formula is C14H22N2O2S. The van der Waals surface area contributed by atoms with Crippen LogP contribution in [0.15, 0.2) is 11.4 Å². The van der Waals surface area contributed by atoms with E-state index in [2.05, 4.69) is 24.5 Å². The van der Waals surface area contributed by atoms with Gasteiger partial charge in [-0.25, -0.2) is 0 Å². The van der Waals surface area contributed by atoms with E-state index in [0.717, 1.165) is 12.3 Å². The van der Waals surface area contributed by atoms with Gasteiger partial charge >= 0.3 is 0 Å². The van der Waals surface area contributed by atoms with E-state index in [1.54, 1.807) is 13.2 Å². The number of thiophene rings is 1. The standard InChI is InChI=1S/C14H22N2O2S/c1-14(2)5-4-6-15-12(14)8-16-13(17)11-7-10(18-3)9-19-11/h7,9,12,15H,4-6,8H2,1-3H3,(H,16,17). The van der Waals surface area contributed by atoms with Gasteiger partial charge in [0, 0.05) is 24.0 Å². The van der Waals surface area contributed by atoms with Crippen molar-refractivity contribution in [3.05, 3.63) is 16.3 Å². The molecule has 0 saturated carbocycles. The van der Waals surface area contributed by atoms with E-state index in [1.165, 1.54) is 24.2 Å². The summed E-state index contributed by atoms with van der Waals surface area (Å²) in [5.74, 6) is 0.725. The molecular weight excluding hydrogens is 260 g/mol. The van der Waals surface area contributed by atoms with Crippen molar-refractivity contribution in [3.8, 4) is 5.75 Å². The first-order valence-corrected chi connectivity index (χ1v) is 7.55. The third kappa shape index (κ3) is 3.48. The highest BCUT2D eigenvalue weighted by atomic mass is 32.1. The number of nitrogens with one attached hydrogen (secondary N) is 2. The topological polar surface area (TPSA) is 50.4 Å². The lowest BCUT2D eigenvalue weighted by atomic mass is 9.77. The van der Waals surface area contributed by atoms with Crippen LogP contribution >= 0.6 is 11.3 Å². The number of amides is 1. The molecule has 1 unspecified atom stereocenters. The maximum Gasteiger partial charge on any atom is 0.261 e. The molecule has 19 heavy (non-hydrogen) atoms. The minimum atomic E-state index is -0.0172. The Balaban J connectivity index is 1.89. The van der Waals surface area contributed by atoms with Gasteiger partial charge in [0.1, 0.15) is 5.75 Å². The molecule has 1 saturated heterocycles. The predicted molar refractivity (Wildman–Crippen MR) is 78.0 cm³/mol. The zero-order chi connectivity index (χ0) is 13.9. The van der Waals surface area contributed by atoms with Crippen LogP contribution in [0.5, 0.6) is 5.75 Å². The van der Waals surface area contributed by atoms with E-state index in [-0.39, 0.29) is 11.3 Å². The van der Waals surface area contributed by atoms with Gasteiger partial charge < -0.3 is 15.4 Å². The lowest BCUT2D eigenvalue weighted by Crippen LogP contribution is -2.52. The van der Waals surface area contributed by atoms with Gasteiger partial charge in [0.15, 0.2) is 0 Å². The highest BCUT2D eigenvalue weighted by Crippen LogP contribution is 2.29. The van der Waals surface area contributed by atoms with Crippen LogP contribution in [0.25, 0.3) is 0 Å². The summed E-state index contributed by atoms with van der Waals surface area (Å²) >= 11 is 1.41. The summed E-state index contributed by atoms with van der Waals surface area (Å²) in [4.78, 5) is 12.7. The molecule has 0 aromatic carbocycles. The molecule has 2 rings (SSSR count). The smallest absolute Gasteiger partial charge is 0.261 e. The van der Waals surface area contributed by atoms with Crippen LogP contribution in [0.2, 0.25) is 0 Å². The highest BCUT2D eigenvalue weighted by Gasteiger charge is 2.32. The van der Waals surface area contributed by atoms with Crippen molar-refractivity contribution in [2.24, 2.45) is 5.41 Å². The summed E-state index contributed by atoms with van der Waals surface area (Å²) in [6.07, 6.45) is 2.41. The SMILES string of the molecule is COc1csc(C(=O)NCC2NCCCC2(C)C)c1. The largest absolute Gasteiger partial charge is 0.496 e. The molecule has 1 aromatic rings. The van der Waals surface area contributed by atoms with Gasteiger partial charge in [-0.3, -0.25) is 4.79 Å². The van der Waals surface area contributed by atoms with E-state index >= 15 is 0 Å². The average molecular weight is 282 g/mol. The normalized spacial score (nSPS) is 21.9. The molecule has 4 nitrogen and oxygen atoms in total. The van der Waals surface area contributed by atoms with Gasteiger partial charge in [0.2, 0.25) is 0 Å². The fraction of sp³-hybridized carbons (Fsp3) is 0.643. The lowest BCUT2D eigenvalue weighted by molar-refractivity contribution is 0.0932. The van der Waals surface area contributed by atoms with Crippen molar-refractivity contribution in [2.75, 3.05) is 20.2 Å². The molecule has 2 N–H and O–H groups in total. The molecule has 106 valence electrons. The number of carbonyl (C=O) groups excluding carboxylic acids is 1. The molecule has 1 fully saturated rings. The fourth-order valence-electron chi connectivity index (χ4n) is 2.45. The molecule has 1 aliphatic heterocycles. The van der Waals surface area contributed by atoms with E-state index in [0.29, 0.717) is 17.5 Å². The maximum absolute atomic E-state index is 12.0. The van der Waals surface area contributed by atoms with Crippen LogP contribution in [0.1, 0.15) is 36.4 Å². The van der Waals surface area contributed by atoms with Crippen molar-refractivity contribution in [1.82, 2.24) is 10.6 Å². The summed E-state index contributed by atoms with van der Waals surface area (Å²) < 4.78 is 5.09. The molecule has 0 bridgehead atoms. The van der Waals surface area contributed by atoms with Crippen LogP contribution in [-0.2, 0) is 0 Å². The lowest BCUT2D eigenvalue weighted by Gasteiger charge is -2.39. The Morgan fingerprint density at radius 1 is 1.63 bits per heavy atom. The van der Waals surface area contributed by atoms with Crippen molar-refractivity contribution < 1.29 is 9.53 Å². The molecule has 2 heterocycles. The Labute approximate surface area is 118 Å². The Kier molecular flexibility index (Phi) is 4.47. The summed E-state index contributed by atoms with van der Waals surface area (Å²) in [5, 5.41) is 8.36. The second-order valence-electron chi connectivity index (χ2n) is 5.66. The molecule has 5 heteroatoms. The first kappa shape index (κ1) is 14.3. The first-order chi connectivity index (χ1) is 9.03. The van der Waals surface area contributed by atoms with Crippen molar-refractivity contribution >= 4 is 17.2 Å². The number of piperidine rings is 1. The number of rotatable bonds is 4. The minimum absolute atomic E-state index is 0.0172. The van der Waals surface area contributed by atoms with Crippen molar-refractivity contribution in [1.29, 1.82) is 0 Å². The van der Waals surface area contributed by atoms with Crippen LogP contribution in [0, 0.1) is 5.41 Å². The van der Waals surface area contributed by atoms with Gasteiger partial charge in [-0.15, -0.1) is 11.3 Å². The first-order valence-electron chi connectivity index (χ1n) is 6.67. The second kappa shape index (κ2) is 5.92. The van der Waals surface area contributed by atoms with Crippen LogP contribution in [0.3, 0.4) is 0 Å². The van der Waals surface area contributed by atoms with Crippen LogP contribution < -0.4 is 15.4 Å². The van der Waals surface area contributed by atoms with E-state index in [9.17, 15) is 4.79 Å². The van der Waals surface area contributed by atoms with E-state index in [1.807, 2.05) is 5.38 Å². The Hall–Kier alpha value is -1.07. The van der Waals surface area contributed by atoms with Crippen LogP contribution in [-0.4, -0.2) is 32.1 Å². The zero-order valence-corrected chi connectivity index (χ0v) is 12.6. The zero-order valence-electron chi connectivity index (χ0n) is 11.8. The number of carbonyl (C=O) groups is 1. The van der Waals surface area contributed by atoms with Gasteiger partial charge in [0.05, 0.1) is 12.0 Å². The van der Waals surface area contributed by atoms with Gasteiger partial charge in [-0.1, -0.05) is 13.8 Å². The Morgan fingerprint density at radius 2 is 2.42 bits per heavy atom. The quantitative estimate of drug-likeness (QED) is 0.890. The molecule has 1 aromatic heterocycles. The summed E-state index contributed by atoms with van der Waals surface area (Å²) in [5.41, 5.74) is 0.235. The molecule has 0 spiro atoms. The molecule has 1 atom stereocenters. The number of methoxy groups -OCH3 is 1. The molecule has 0 aliphatic carbocycles. The van der Waals surface area contributed by atoms with Crippen LogP contribution in [0.4, 0.5) is 0 Å². The molecule has 1 amide bonds. The Bertz CT molecular complexity index is 442. The molecule has 0 radical (unpaired) electrons. The Morgan fingerprint density at radius 3 is 3.05 bits per heavy atom. The fourth-order valence-corrected chi connectivity index (χ4v) is 3.22. The third-order valence-electron chi connectivity index (χ3n) is 3.83. The number of hydrogen-bond acceptors (Lipinski definition) is 4. The summed E-state index contributed by atoms with van der Waals surface area (Å²) in [7, 11) is 1.61. The van der Waals surface area contributed by atoms with Crippen molar-refractivity contribution in [3.63, 3.8) is 0 Å². The van der Waals surface area contributed by atoms with Gasteiger partial charge in [-0.05, 0) is 24.8 Å². The third-order valence-corrected chi connectivity index (χ3v) is 4.74. The molecule has 1 aliphatic rings. The predicted octanol–water partition coefficient (Wildman–Crippen LogP) is 2.26. The highest BCUT2D eigenvalue weighted by molar-refractivity contribution is 7.12. The minimum Gasteiger partial charge on any atom is -0.496 e. The second-order valence-corrected chi connectivity index (χ2v) is 6.57. The monoisotopic (exact) mass is 282 g/mol. The number of hydrogen-bond donors (Lipinski definition) is 2. The summed E-state index contributed by atoms with van der Waals surface area (Å²) in [6, 6.07) is 2.12. The summed E-state index contributed by atoms with van der Waals surface area (Å²) in [6.45, 7) is 6.22. The van der Waals surface area contributed by atoms with E-state index in [4.69, 9.17) is 4.74 Å². The average Bonchev–Trinajstić information content (AvgIpc) is 2.85. The van der Waals surface area contributed by atoms with Crippen molar-refractivity contribution in [2.45, 2.75) is 32.7 Å². The van der Waals surface area contributed by atoms with E-state index < -0.39 is 0 Å². The van der Waals surface area contributed by atoms with Gasteiger partial charge in [-0.2, -0.15) is 0 Å². The number of ether oxygens (including phenoxy) is 1. The maximum atomic E-state index is 12.0.